The molecule has 1 aliphatic rings. The summed E-state index contributed by atoms with van der Waals surface area (Å²) in [5.41, 5.74) is 2.16. The first kappa shape index (κ1) is 15.6. The first-order chi connectivity index (χ1) is 9.45. The van der Waals surface area contributed by atoms with Crippen LogP contribution in [0.3, 0.4) is 0 Å². The number of hydrogen-bond acceptors (Lipinski definition) is 3. The number of nitrogens with zero attached hydrogens (tertiary/aromatic N) is 2. The van der Waals surface area contributed by atoms with Crippen LogP contribution in [-0.2, 0) is 10.0 Å². The van der Waals surface area contributed by atoms with E-state index in [1.54, 1.807) is 4.31 Å². The summed E-state index contributed by atoms with van der Waals surface area (Å²) in [6.45, 7) is 6.41. The molecule has 0 saturated carbocycles. The Hall–Kier alpha value is -0.780. The van der Waals surface area contributed by atoms with Gasteiger partial charge in [-0.05, 0) is 31.0 Å². The maximum atomic E-state index is 12.0. The van der Waals surface area contributed by atoms with E-state index in [4.69, 9.17) is 11.6 Å². The van der Waals surface area contributed by atoms with Gasteiger partial charge >= 0.3 is 0 Å². The molecule has 0 aliphatic carbocycles. The van der Waals surface area contributed by atoms with Crippen LogP contribution in [-0.4, -0.2) is 44.7 Å². The van der Waals surface area contributed by atoms with E-state index in [0.717, 1.165) is 16.3 Å². The lowest BCUT2D eigenvalue weighted by Crippen LogP contribution is -2.49. The summed E-state index contributed by atoms with van der Waals surface area (Å²) < 4.78 is 25.7. The smallest absolute Gasteiger partial charge is 0.214 e. The van der Waals surface area contributed by atoms with Gasteiger partial charge in [0.2, 0.25) is 10.0 Å². The van der Waals surface area contributed by atoms with Crippen LogP contribution in [0, 0.1) is 6.92 Å². The van der Waals surface area contributed by atoms with Gasteiger partial charge in [0.05, 0.1) is 5.75 Å². The van der Waals surface area contributed by atoms with Crippen molar-refractivity contribution in [2.45, 2.75) is 20.3 Å². The minimum Gasteiger partial charge on any atom is -0.369 e. The van der Waals surface area contributed by atoms with Crippen LogP contribution in [0.4, 0.5) is 5.69 Å². The molecule has 0 aromatic heterocycles. The van der Waals surface area contributed by atoms with E-state index >= 15 is 0 Å². The van der Waals surface area contributed by atoms with Gasteiger partial charge < -0.3 is 4.90 Å². The Bertz CT molecular complexity index is 567. The summed E-state index contributed by atoms with van der Waals surface area (Å²) in [4.78, 5) is 2.21. The molecule has 0 amide bonds. The molecule has 1 aliphatic heterocycles. The van der Waals surface area contributed by atoms with Crippen molar-refractivity contribution in [3.05, 3.63) is 28.8 Å². The fourth-order valence-electron chi connectivity index (χ4n) is 2.53. The first-order valence-corrected chi connectivity index (χ1v) is 8.92. The second kappa shape index (κ2) is 6.33. The van der Waals surface area contributed by atoms with Gasteiger partial charge in [0.1, 0.15) is 0 Å². The minimum absolute atomic E-state index is 0.239. The quantitative estimate of drug-likeness (QED) is 0.857. The molecule has 0 bridgehead atoms. The highest BCUT2D eigenvalue weighted by Gasteiger charge is 2.26. The number of piperazine rings is 1. The van der Waals surface area contributed by atoms with E-state index in [9.17, 15) is 8.42 Å². The van der Waals surface area contributed by atoms with Gasteiger partial charge in [-0.15, -0.1) is 0 Å². The van der Waals surface area contributed by atoms with E-state index in [-0.39, 0.29) is 5.75 Å². The van der Waals surface area contributed by atoms with Crippen molar-refractivity contribution in [3.63, 3.8) is 0 Å². The van der Waals surface area contributed by atoms with Crippen molar-refractivity contribution in [2.75, 3.05) is 36.8 Å². The minimum atomic E-state index is -3.08. The van der Waals surface area contributed by atoms with Crippen LogP contribution in [0.5, 0.6) is 0 Å². The number of hydrogen-bond donors (Lipinski definition) is 0. The average molecular weight is 317 g/mol. The fraction of sp³-hybridized carbons (Fsp3) is 0.571. The largest absolute Gasteiger partial charge is 0.369 e. The highest BCUT2D eigenvalue weighted by atomic mass is 35.5. The molecule has 0 N–H and O–H groups in total. The van der Waals surface area contributed by atoms with E-state index in [1.807, 2.05) is 32.0 Å². The molecule has 1 aromatic rings. The Balaban J connectivity index is 2.07. The predicted molar refractivity (Wildman–Crippen MR) is 84.1 cm³/mol. The van der Waals surface area contributed by atoms with Gasteiger partial charge in [0, 0.05) is 36.9 Å². The zero-order chi connectivity index (χ0) is 14.8. The second-order valence-corrected chi connectivity index (χ2v) is 7.58. The molecule has 6 heteroatoms. The lowest BCUT2D eigenvalue weighted by atomic mass is 10.1. The van der Waals surface area contributed by atoms with E-state index in [0.29, 0.717) is 32.6 Å². The van der Waals surface area contributed by atoms with Gasteiger partial charge in [-0.3, -0.25) is 0 Å². The molecule has 1 saturated heterocycles. The Morgan fingerprint density at radius 1 is 1.20 bits per heavy atom. The molecule has 0 unspecified atom stereocenters. The van der Waals surface area contributed by atoms with E-state index in [2.05, 4.69) is 4.90 Å². The van der Waals surface area contributed by atoms with Gasteiger partial charge in [-0.1, -0.05) is 24.6 Å². The highest BCUT2D eigenvalue weighted by molar-refractivity contribution is 7.89. The number of benzene rings is 1. The van der Waals surface area contributed by atoms with Crippen molar-refractivity contribution in [1.29, 1.82) is 0 Å². The van der Waals surface area contributed by atoms with Crippen LogP contribution in [0.1, 0.15) is 18.9 Å². The van der Waals surface area contributed by atoms with Gasteiger partial charge in [0.25, 0.3) is 0 Å². The maximum Gasteiger partial charge on any atom is 0.214 e. The van der Waals surface area contributed by atoms with E-state index < -0.39 is 10.0 Å². The van der Waals surface area contributed by atoms with E-state index in [1.165, 1.54) is 0 Å². The van der Waals surface area contributed by atoms with Crippen molar-refractivity contribution in [3.8, 4) is 0 Å². The van der Waals surface area contributed by atoms with Crippen LogP contribution in [0.25, 0.3) is 0 Å². The number of halogens is 1. The van der Waals surface area contributed by atoms with Crippen molar-refractivity contribution < 1.29 is 8.42 Å². The number of rotatable bonds is 4. The summed E-state index contributed by atoms with van der Waals surface area (Å²) in [6, 6.07) is 5.85. The van der Waals surface area contributed by atoms with Crippen molar-refractivity contribution in [2.24, 2.45) is 0 Å². The van der Waals surface area contributed by atoms with Crippen molar-refractivity contribution in [1.82, 2.24) is 4.31 Å². The van der Waals surface area contributed by atoms with Gasteiger partial charge in [0.15, 0.2) is 0 Å². The topological polar surface area (TPSA) is 40.6 Å². The molecule has 0 atom stereocenters. The Kier molecular flexibility index (Phi) is 4.94. The van der Waals surface area contributed by atoms with Crippen molar-refractivity contribution >= 4 is 27.3 Å². The molecule has 20 heavy (non-hydrogen) atoms. The molecule has 2 rings (SSSR count). The fourth-order valence-corrected chi connectivity index (χ4v) is 4.20. The lowest BCUT2D eigenvalue weighted by Gasteiger charge is -2.36. The lowest BCUT2D eigenvalue weighted by molar-refractivity contribution is 0.384. The predicted octanol–water partition coefficient (Wildman–Crippen LogP) is 2.51. The average Bonchev–Trinajstić information content (AvgIpc) is 2.42. The van der Waals surface area contributed by atoms with Crippen LogP contribution >= 0.6 is 11.6 Å². The molecule has 1 aromatic carbocycles. The number of anilines is 1. The Morgan fingerprint density at radius 3 is 2.45 bits per heavy atom. The molecule has 112 valence electrons. The zero-order valence-corrected chi connectivity index (χ0v) is 13.5. The normalized spacial score (nSPS) is 17.4. The van der Waals surface area contributed by atoms with Crippen LogP contribution < -0.4 is 4.90 Å². The molecule has 4 nitrogen and oxygen atoms in total. The third kappa shape index (κ3) is 3.27. The molecule has 1 heterocycles. The maximum absolute atomic E-state index is 12.0. The van der Waals surface area contributed by atoms with Crippen LogP contribution in [0.15, 0.2) is 18.2 Å². The SMILES string of the molecule is CCCS(=O)(=O)N1CCN(c2cccc(Cl)c2C)CC1. The monoisotopic (exact) mass is 316 g/mol. The summed E-state index contributed by atoms with van der Waals surface area (Å²) in [5, 5.41) is 0.753. The van der Waals surface area contributed by atoms with Gasteiger partial charge in [-0.25, -0.2) is 8.42 Å². The summed E-state index contributed by atoms with van der Waals surface area (Å²) in [5.74, 6) is 0.239. The Morgan fingerprint density at radius 2 is 1.85 bits per heavy atom. The third-order valence-electron chi connectivity index (χ3n) is 3.67. The summed E-state index contributed by atoms with van der Waals surface area (Å²) in [6.07, 6.45) is 0.663. The third-order valence-corrected chi connectivity index (χ3v) is 6.16. The summed E-state index contributed by atoms with van der Waals surface area (Å²) in [7, 11) is -3.08. The summed E-state index contributed by atoms with van der Waals surface area (Å²) >= 11 is 6.14. The first-order valence-electron chi connectivity index (χ1n) is 6.93. The van der Waals surface area contributed by atoms with Crippen LogP contribution in [0.2, 0.25) is 5.02 Å². The molecular formula is C14H21ClN2O2S. The highest BCUT2D eigenvalue weighted by Crippen LogP contribution is 2.27. The molecule has 0 radical (unpaired) electrons. The standard InChI is InChI=1S/C14H21ClN2O2S/c1-3-11-20(18,19)17-9-7-16(8-10-17)14-6-4-5-13(15)12(14)2/h4-6H,3,7-11H2,1-2H3. The molecule has 1 fully saturated rings. The zero-order valence-electron chi connectivity index (χ0n) is 12.0. The second-order valence-electron chi connectivity index (χ2n) is 5.09. The molecular weight excluding hydrogens is 296 g/mol. The Labute approximate surface area is 126 Å². The number of sulfonamides is 1. The molecule has 0 spiro atoms. The van der Waals surface area contributed by atoms with Gasteiger partial charge in [-0.2, -0.15) is 4.31 Å².